The third-order valence-corrected chi connectivity index (χ3v) is 7.73. The van der Waals surface area contributed by atoms with Gasteiger partial charge in [-0.3, -0.25) is 4.79 Å². The molecule has 0 radical (unpaired) electrons. The Bertz CT molecular complexity index is 1620. The smallest absolute Gasteiger partial charge is 0.334 e. The van der Waals surface area contributed by atoms with Gasteiger partial charge < -0.3 is 15.2 Å². The van der Waals surface area contributed by atoms with Gasteiger partial charge in [0.2, 0.25) is 0 Å². The largest absolute Gasteiger partial charge is 0.378 e. The number of nitrogens with zero attached hydrogens (tertiary/aromatic N) is 3. The molecule has 11 nitrogen and oxygen atoms in total. The molecule has 0 unspecified atom stereocenters. The van der Waals surface area contributed by atoms with Gasteiger partial charge in [0.15, 0.2) is 0 Å². The van der Waals surface area contributed by atoms with E-state index in [2.05, 4.69) is 15.3 Å². The third-order valence-electron chi connectivity index (χ3n) is 4.67. The number of hydrogen-bond acceptors (Lipinski definition) is 8. The molecule has 0 spiro atoms. The van der Waals surface area contributed by atoms with Gasteiger partial charge in [0.05, 0.1) is 27.1 Å². The Morgan fingerprint density at radius 3 is 2.53 bits per heavy atom. The number of nitrogens with one attached hydrogen (secondary N) is 3. The molecule has 1 aromatic carbocycles. The first-order valence-corrected chi connectivity index (χ1v) is 12.2. The molecule has 0 aliphatic rings. The maximum absolute atomic E-state index is 12.9. The van der Waals surface area contributed by atoms with E-state index < -0.39 is 27.3 Å². The summed E-state index contributed by atoms with van der Waals surface area (Å²) < 4.78 is 27.3. The Labute approximate surface area is 201 Å². The summed E-state index contributed by atoms with van der Waals surface area (Å²) in [4.78, 5) is 46.2. The molecule has 0 aliphatic heterocycles. The van der Waals surface area contributed by atoms with Gasteiger partial charge >= 0.3 is 11.7 Å². The van der Waals surface area contributed by atoms with Crippen molar-refractivity contribution in [3.63, 3.8) is 0 Å². The number of H-pyrrole nitrogens is 1. The van der Waals surface area contributed by atoms with Crippen LogP contribution in [-0.4, -0.2) is 43.1 Å². The molecular weight excluding hydrogens is 504 g/mol. The minimum Gasteiger partial charge on any atom is -0.378 e. The topological polar surface area (TPSA) is 146 Å². The van der Waals surface area contributed by atoms with Gasteiger partial charge in [-0.25, -0.2) is 32.3 Å². The Morgan fingerprint density at radius 1 is 1.15 bits per heavy atom. The number of amides is 2. The van der Waals surface area contributed by atoms with Crippen molar-refractivity contribution in [3.8, 4) is 5.82 Å². The lowest BCUT2D eigenvalue weighted by atomic mass is 10.2. The van der Waals surface area contributed by atoms with E-state index in [0.29, 0.717) is 10.9 Å². The van der Waals surface area contributed by atoms with Crippen molar-refractivity contribution < 1.29 is 13.2 Å². The second-order valence-corrected chi connectivity index (χ2v) is 10.8. The minimum atomic E-state index is -4.09. The summed E-state index contributed by atoms with van der Waals surface area (Å²) in [6.07, 6.45) is 1.19. The van der Waals surface area contributed by atoms with Crippen LogP contribution < -0.4 is 26.2 Å². The first-order valence-electron chi connectivity index (χ1n) is 9.57. The summed E-state index contributed by atoms with van der Waals surface area (Å²) in [5.74, 6) is 0.0247. The van der Waals surface area contributed by atoms with Gasteiger partial charge in [-0.05, 0) is 42.5 Å². The Morgan fingerprint density at radius 2 is 1.91 bits per heavy atom. The van der Waals surface area contributed by atoms with Gasteiger partial charge in [-0.1, -0.05) is 11.6 Å². The summed E-state index contributed by atoms with van der Waals surface area (Å²) in [5, 5.41) is 2.63. The molecule has 0 fully saturated rings. The van der Waals surface area contributed by atoms with E-state index in [0.717, 1.165) is 21.6 Å². The zero-order valence-electron chi connectivity index (χ0n) is 17.7. The molecule has 176 valence electrons. The van der Waals surface area contributed by atoms with Gasteiger partial charge in [-0.2, -0.15) is 0 Å². The van der Waals surface area contributed by atoms with E-state index in [9.17, 15) is 22.8 Å². The molecule has 34 heavy (non-hydrogen) atoms. The van der Waals surface area contributed by atoms with E-state index in [1.54, 1.807) is 18.2 Å². The molecule has 2 amide bonds. The van der Waals surface area contributed by atoms with Crippen LogP contribution in [0.5, 0.6) is 0 Å². The van der Waals surface area contributed by atoms with Crippen LogP contribution in [0.2, 0.25) is 4.34 Å². The Kier molecular flexibility index (Phi) is 6.17. The standard InChI is InChI=1S/C20H17ClN6O5S2/c1-26(2)12-4-5-13-14(9-12)24-20(30)27(18(13)28)16-7-3-11(10-22-16)23-19(29)25-34(31,32)17-8-6-15(21)33-17/h3-10H,1-2H3,(H,24,30)(H2,23,25,29). The maximum Gasteiger partial charge on any atom is 0.334 e. The highest BCUT2D eigenvalue weighted by atomic mass is 35.5. The SMILES string of the molecule is CN(C)c1ccc2c(=O)n(-c3ccc(NC(=O)NS(=O)(=O)c4ccc(Cl)s4)cn3)c(=O)[nH]c2c1. The summed E-state index contributed by atoms with van der Waals surface area (Å²) in [5.41, 5.74) is 0.106. The number of carbonyl (C=O) groups is 1. The highest BCUT2D eigenvalue weighted by Crippen LogP contribution is 2.25. The highest BCUT2D eigenvalue weighted by Gasteiger charge is 2.20. The van der Waals surface area contributed by atoms with Crippen LogP contribution in [-0.2, 0) is 10.0 Å². The molecule has 4 rings (SSSR count). The molecule has 0 saturated carbocycles. The Balaban J connectivity index is 1.57. The number of carbonyl (C=O) groups excluding carboxylic acids is 1. The van der Waals surface area contributed by atoms with Gasteiger partial charge in [-0.15, -0.1) is 11.3 Å². The second kappa shape index (κ2) is 8.93. The monoisotopic (exact) mass is 520 g/mol. The quantitative estimate of drug-likeness (QED) is 0.366. The number of hydrogen-bond donors (Lipinski definition) is 3. The molecule has 0 bridgehead atoms. The van der Waals surface area contributed by atoms with E-state index in [1.807, 2.05) is 23.7 Å². The molecule has 3 N–H and O–H groups in total. The number of urea groups is 1. The van der Waals surface area contributed by atoms with Gasteiger partial charge in [0.1, 0.15) is 10.0 Å². The molecule has 0 aliphatic carbocycles. The Hall–Kier alpha value is -3.68. The van der Waals surface area contributed by atoms with Crippen LogP contribution in [0.4, 0.5) is 16.2 Å². The number of thiophene rings is 1. The lowest BCUT2D eigenvalue weighted by molar-refractivity contribution is 0.256. The van der Waals surface area contributed by atoms with E-state index in [-0.39, 0.29) is 20.1 Å². The van der Waals surface area contributed by atoms with Crippen LogP contribution in [0, 0.1) is 0 Å². The van der Waals surface area contributed by atoms with Crippen LogP contribution in [0.15, 0.2) is 62.5 Å². The molecule has 4 aromatic rings. The maximum atomic E-state index is 12.9. The third kappa shape index (κ3) is 4.66. The van der Waals surface area contributed by atoms with E-state index in [4.69, 9.17) is 11.6 Å². The van der Waals surface area contributed by atoms with E-state index in [1.165, 1.54) is 30.5 Å². The number of aromatic amines is 1. The normalized spacial score (nSPS) is 11.4. The van der Waals surface area contributed by atoms with Crippen LogP contribution >= 0.6 is 22.9 Å². The van der Waals surface area contributed by atoms with Crippen molar-refractivity contribution >= 4 is 61.3 Å². The van der Waals surface area contributed by atoms with Crippen LogP contribution in [0.1, 0.15) is 0 Å². The summed E-state index contributed by atoms with van der Waals surface area (Å²) in [7, 11) is -0.411. The highest BCUT2D eigenvalue weighted by molar-refractivity contribution is 7.92. The number of rotatable bonds is 5. The van der Waals surface area contributed by atoms with Gasteiger partial charge in [0.25, 0.3) is 15.6 Å². The van der Waals surface area contributed by atoms with Crippen molar-refractivity contribution in [1.82, 2.24) is 19.3 Å². The molecule has 3 aromatic heterocycles. The average molecular weight is 521 g/mol. The number of benzene rings is 1. The second-order valence-electron chi connectivity index (χ2n) is 7.22. The summed E-state index contributed by atoms with van der Waals surface area (Å²) >= 11 is 6.54. The molecule has 3 heterocycles. The molecule has 0 saturated heterocycles. The zero-order valence-corrected chi connectivity index (χ0v) is 20.1. The number of anilines is 2. The summed E-state index contributed by atoms with van der Waals surface area (Å²) in [6.45, 7) is 0. The number of pyridine rings is 1. The summed E-state index contributed by atoms with van der Waals surface area (Å²) in [6, 6.07) is 9.45. The van der Waals surface area contributed by atoms with Crippen molar-refractivity contribution in [2.24, 2.45) is 0 Å². The first-order chi connectivity index (χ1) is 16.0. The van der Waals surface area contributed by atoms with Gasteiger partial charge in [0, 0.05) is 19.8 Å². The molecule has 14 heteroatoms. The van der Waals surface area contributed by atoms with Crippen molar-refractivity contribution in [2.45, 2.75) is 4.21 Å². The number of fused-ring (bicyclic) bond motifs is 1. The fourth-order valence-electron chi connectivity index (χ4n) is 3.06. The van der Waals surface area contributed by atoms with Crippen molar-refractivity contribution in [2.75, 3.05) is 24.3 Å². The number of aromatic nitrogens is 3. The predicted molar refractivity (Wildman–Crippen MR) is 131 cm³/mol. The van der Waals surface area contributed by atoms with Crippen LogP contribution in [0.25, 0.3) is 16.7 Å². The van der Waals surface area contributed by atoms with Crippen molar-refractivity contribution in [3.05, 3.63) is 73.8 Å². The number of sulfonamides is 1. The van der Waals surface area contributed by atoms with Crippen LogP contribution in [0.3, 0.4) is 0 Å². The molecule has 0 atom stereocenters. The zero-order chi connectivity index (χ0) is 24.6. The predicted octanol–water partition coefficient (Wildman–Crippen LogP) is 2.37. The minimum absolute atomic E-state index is 0.0247. The fraction of sp³-hybridized carbons (Fsp3) is 0.100. The first kappa shape index (κ1) is 23.5. The average Bonchev–Trinajstić information content (AvgIpc) is 3.21. The lowest BCUT2D eigenvalue weighted by Crippen LogP contribution is -2.35. The van der Waals surface area contributed by atoms with Crippen molar-refractivity contribution in [1.29, 1.82) is 0 Å². The molecular formula is C20H17ClN6O5S2. The lowest BCUT2D eigenvalue weighted by Gasteiger charge is -2.13. The van der Waals surface area contributed by atoms with E-state index >= 15 is 0 Å². The fourth-order valence-corrected chi connectivity index (χ4v) is 5.45. The number of halogens is 1.